The van der Waals surface area contributed by atoms with E-state index in [9.17, 15) is 8.42 Å². The van der Waals surface area contributed by atoms with Gasteiger partial charge in [0, 0.05) is 30.9 Å². The average molecular weight is 350 g/mol. The summed E-state index contributed by atoms with van der Waals surface area (Å²) in [4.78, 5) is 4.47. The third-order valence-corrected chi connectivity index (χ3v) is 5.95. The number of rotatable bonds is 5. The SMILES string of the molecule is CNCCn1cc(S(=O)(=O)c2ccccc2Cl)c2ccncc21. The Labute approximate surface area is 139 Å². The molecule has 1 N–H and O–H groups in total. The highest BCUT2D eigenvalue weighted by Crippen LogP contribution is 2.32. The zero-order valence-electron chi connectivity index (χ0n) is 12.5. The second-order valence-corrected chi connectivity index (χ2v) is 7.41. The lowest BCUT2D eigenvalue weighted by Crippen LogP contribution is -2.14. The highest BCUT2D eigenvalue weighted by atomic mass is 35.5. The Kier molecular flexibility index (Phi) is 4.39. The number of halogens is 1. The standard InChI is InChI=1S/C16H16ClN3O2S/c1-18-8-9-20-11-16(12-6-7-19-10-14(12)20)23(21,22)15-5-3-2-4-13(15)17/h2-7,10-11,18H,8-9H2,1H3. The van der Waals surface area contributed by atoms with E-state index in [2.05, 4.69) is 10.3 Å². The second kappa shape index (κ2) is 6.31. The molecule has 0 bridgehead atoms. The summed E-state index contributed by atoms with van der Waals surface area (Å²) in [5.41, 5.74) is 0.786. The molecule has 0 radical (unpaired) electrons. The molecule has 1 aromatic carbocycles. The molecule has 0 spiro atoms. The Morgan fingerprint density at radius 1 is 1.22 bits per heavy atom. The smallest absolute Gasteiger partial charge is 0.210 e. The van der Waals surface area contributed by atoms with Crippen molar-refractivity contribution in [1.29, 1.82) is 0 Å². The van der Waals surface area contributed by atoms with Gasteiger partial charge in [-0.25, -0.2) is 8.42 Å². The van der Waals surface area contributed by atoms with Crippen molar-refractivity contribution in [2.75, 3.05) is 13.6 Å². The first-order valence-electron chi connectivity index (χ1n) is 7.13. The van der Waals surface area contributed by atoms with Crippen LogP contribution in [0.3, 0.4) is 0 Å². The molecule has 0 saturated carbocycles. The largest absolute Gasteiger partial charge is 0.344 e. The second-order valence-electron chi connectivity index (χ2n) is 5.12. The molecule has 0 aliphatic carbocycles. The Bertz CT molecular complexity index is 951. The topological polar surface area (TPSA) is 64.0 Å². The number of pyridine rings is 1. The number of benzene rings is 1. The first-order valence-corrected chi connectivity index (χ1v) is 8.99. The summed E-state index contributed by atoms with van der Waals surface area (Å²) in [6, 6.07) is 8.20. The Hall–Kier alpha value is -1.89. The van der Waals surface area contributed by atoms with E-state index >= 15 is 0 Å². The number of likely N-dealkylation sites (N-methyl/N-ethyl adjacent to an activating group) is 1. The molecule has 3 aromatic rings. The summed E-state index contributed by atoms with van der Waals surface area (Å²) < 4.78 is 27.9. The molecule has 120 valence electrons. The molecule has 3 rings (SSSR count). The minimum absolute atomic E-state index is 0.117. The van der Waals surface area contributed by atoms with Gasteiger partial charge in [0.25, 0.3) is 0 Å². The lowest BCUT2D eigenvalue weighted by molar-refractivity contribution is 0.595. The predicted molar refractivity (Wildman–Crippen MR) is 90.6 cm³/mol. The molecular formula is C16H16ClN3O2S. The van der Waals surface area contributed by atoms with Gasteiger partial charge in [-0.05, 0) is 25.2 Å². The molecule has 7 heteroatoms. The van der Waals surface area contributed by atoms with Crippen LogP contribution in [0.25, 0.3) is 10.9 Å². The number of hydrogen-bond acceptors (Lipinski definition) is 4. The molecule has 0 saturated heterocycles. The molecule has 0 aliphatic heterocycles. The highest BCUT2D eigenvalue weighted by molar-refractivity contribution is 7.91. The van der Waals surface area contributed by atoms with Crippen LogP contribution >= 0.6 is 11.6 Å². The Morgan fingerprint density at radius 2 is 2.00 bits per heavy atom. The van der Waals surface area contributed by atoms with Gasteiger partial charge in [-0.3, -0.25) is 4.98 Å². The van der Waals surface area contributed by atoms with E-state index in [0.29, 0.717) is 11.9 Å². The summed E-state index contributed by atoms with van der Waals surface area (Å²) in [6.07, 6.45) is 4.93. The summed E-state index contributed by atoms with van der Waals surface area (Å²) in [7, 11) is -1.85. The molecule has 2 heterocycles. The zero-order chi connectivity index (χ0) is 16.4. The third kappa shape index (κ3) is 2.85. The van der Waals surface area contributed by atoms with Crippen LogP contribution in [0.2, 0.25) is 5.02 Å². The van der Waals surface area contributed by atoms with Crippen LogP contribution in [-0.2, 0) is 16.4 Å². The monoisotopic (exact) mass is 349 g/mol. The molecule has 23 heavy (non-hydrogen) atoms. The van der Waals surface area contributed by atoms with Gasteiger partial charge >= 0.3 is 0 Å². The normalized spacial score (nSPS) is 11.9. The van der Waals surface area contributed by atoms with Crippen molar-refractivity contribution >= 4 is 32.3 Å². The highest BCUT2D eigenvalue weighted by Gasteiger charge is 2.25. The van der Waals surface area contributed by atoms with Crippen LogP contribution in [0.1, 0.15) is 0 Å². The van der Waals surface area contributed by atoms with E-state index < -0.39 is 9.84 Å². The molecule has 0 amide bonds. The van der Waals surface area contributed by atoms with Crippen LogP contribution in [0.4, 0.5) is 0 Å². The maximum Gasteiger partial charge on any atom is 0.210 e. The van der Waals surface area contributed by atoms with E-state index in [1.54, 1.807) is 42.9 Å². The summed E-state index contributed by atoms with van der Waals surface area (Å²) >= 11 is 6.09. The maximum absolute atomic E-state index is 13.0. The molecule has 0 unspecified atom stereocenters. The molecule has 0 atom stereocenters. The summed E-state index contributed by atoms with van der Waals surface area (Å²) in [5.74, 6) is 0. The Balaban J connectivity index is 2.22. The number of nitrogens with zero attached hydrogens (tertiary/aromatic N) is 2. The van der Waals surface area contributed by atoms with Gasteiger partial charge in [-0.15, -0.1) is 0 Å². The molecular weight excluding hydrogens is 334 g/mol. The average Bonchev–Trinajstić information content (AvgIpc) is 2.93. The van der Waals surface area contributed by atoms with Gasteiger partial charge in [-0.2, -0.15) is 0 Å². The van der Waals surface area contributed by atoms with E-state index in [4.69, 9.17) is 11.6 Å². The van der Waals surface area contributed by atoms with E-state index in [0.717, 1.165) is 12.1 Å². The van der Waals surface area contributed by atoms with Gasteiger partial charge in [0.15, 0.2) is 0 Å². The number of fused-ring (bicyclic) bond motifs is 1. The lowest BCUT2D eigenvalue weighted by atomic mass is 10.3. The van der Waals surface area contributed by atoms with Gasteiger partial charge in [0.1, 0.15) is 0 Å². The fraction of sp³-hybridized carbons (Fsp3) is 0.188. The summed E-state index contributed by atoms with van der Waals surface area (Å²) in [5, 5.41) is 3.93. The Morgan fingerprint density at radius 3 is 2.74 bits per heavy atom. The van der Waals surface area contributed by atoms with E-state index in [-0.39, 0.29) is 14.8 Å². The van der Waals surface area contributed by atoms with Gasteiger partial charge in [0.05, 0.1) is 26.5 Å². The van der Waals surface area contributed by atoms with Crippen LogP contribution in [0, 0.1) is 0 Å². The number of hydrogen-bond donors (Lipinski definition) is 1. The van der Waals surface area contributed by atoms with Crippen LogP contribution in [-0.4, -0.2) is 31.6 Å². The van der Waals surface area contributed by atoms with Crippen molar-refractivity contribution in [3.05, 3.63) is 53.9 Å². The minimum Gasteiger partial charge on any atom is -0.344 e. The lowest BCUT2D eigenvalue weighted by Gasteiger charge is -2.05. The zero-order valence-corrected chi connectivity index (χ0v) is 14.1. The maximum atomic E-state index is 13.0. The van der Waals surface area contributed by atoms with Crippen LogP contribution in [0.15, 0.2) is 58.7 Å². The van der Waals surface area contributed by atoms with Crippen LogP contribution in [0.5, 0.6) is 0 Å². The first kappa shape index (κ1) is 16.0. The molecule has 0 fully saturated rings. The van der Waals surface area contributed by atoms with Crippen molar-refractivity contribution in [3.63, 3.8) is 0 Å². The fourth-order valence-corrected chi connectivity index (χ4v) is 4.50. The van der Waals surface area contributed by atoms with Crippen LogP contribution < -0.4 is 5.32 Å². The van der Waals surface area contributed by atoms with Gasteiger partial charge in [0.2, 0.25) is 9.84 Å². The first-order chi connectivity index (χ1) is 11.1. The van der Waals surface area contributed by atoms with E-state index in [1.807, 2.05) is 11.6 Å². The van der Waals surface area contributed by atoms with Crippen molar-refractivity contribution in [3.8, 4) is 0 Å². The number of aromatic nitrogens is 2. The number of sulfone groups is 1. The van der Waals surface area contributed by atoms with Crippen molar-refractivity contribution in [2.45, 2.75) is 16.3 Å². The predicted octanol–water partition coefficient (Wildman–Crippen LogP) is 2.74. The third-order valence-electron chi connectivity index (χ3n) is 3.67. The molecule has 2 aromatic heterocycles. The fourth-order valence-electron chi connectivity index (χ4n) is 2.52. The summed E-state index contributed by atoms with van der Waals surface area (Å²) in [6.45, 7) is 1.38. The van der Waals surface area contributed by atoms with Crippen molar-refractivity contribution < 1.29 is 8.42 Å². The van der Waals surface area contributed by atoms with E-state index in [1.165, 1.54) is 6.07 Å². The minimum atomic E-state index is -3.70. The van der Waals surface area contributed by atoms with Crippen molar-refractivity contribution in [1.82, 2.24) is 14.9 Å². The molecule has 5 nitrogen and oxygen atoms in total. The van der Waals surface area contributed by atoms with Gasteiger partial charge in [-0.1, -0.05) is 23.7 Å². The van der Waals surface area contributed by atoms with Crippen molar-refractivity contribution in [2.24, 2.45) is 0 Å². The number of nitrogens with one attached hydrogen (secondary N) is 1. The molecule has 0 aliphatic rings. The quantitative estimate of drug-likeness (QED) is 0.769. The van der Waals surface area contributed by atoms with Gasteiger partial charge < -0.3 is 9.88 Å².